The van der Waals surface area contributed by atoms with Crippen molar-refractivity contribution in [2.24, 2.45) is 16.8 Å². The fourth-order valence-electron chi connectivity index (χ4n) is 3.38. The molecule has 0 aliphatic carbocycles. The first-order valence-corrected chi connectivity index (χ1v) is 9.01. The van der Waals surface area contributed by atoms with Gasteiger partial charge < -0.3 is 4.74 Å². The normalized spacial score (nSPS) is 19.7. The molecule has 0 unspecified atom stereocenters. The maximum absolute atomic E-state index is 6.02. The molecule has 2 nitrogen and oxygen atoms in total. The van der Waals surface area contributed by atoms with E-state index < -0.39 is 0 Å². The molecule has 0 aromatic heterocycles. The molecule has 3 atom stereocenters. The van der Waals surface area contributed by atoms with Crippen LogP contribution in [0.15, 0.2) is 65.7 Å². The van der Waals surface area contributed by atoms with E-state index >= 15 is 0 Å². The van der Waals surface area contributed by atoms with Crippen molar-refractivity contribution in [2.45, 2.75) is 39.2 Å². The number of hydrogen-bond acceptors (Lipinski definition) is 2. The van der Waals surface area contributed by atoms with Gasteiger partial charge in [-0.05, 0) is 17.0 Å². The van der Waals surface area contributed by atoms with Crippen LogP contribution >= 0.6 is 0 Å². The molecular formula is C22H27NO. The Bertz CT molecular complexity index is 625. The molecule has 2 aromatic rings. The molecule has 1 aliphatic rings. The predicted octanol–water partition coefficient (Wildman–Crippen LogP) is 5.30. The Morgan fingerprint density at radius 2 is 1.50 bits per heavy atom. The van der Waals surface area contributed by atoms with Gasteiger partial charge in [-0.25, -0.2) is 4.99 Å². The quantitative estimate of drug-likeness (QED) is 0.707. The molecule has 0 amide bonds. The highest BCUT2D eigenvalue weighted by molar-refractivity contribution is 5.80. The molecule has 1 aliphatic heterocycles. The highest BCUT2D eigenvalue weighted by Gasteiger charge is 2.32. The zero-order valence-electron chi connectivity index (χ0n) is 14.9. The van der Waals surface area contributed by atoms with Crippen molar-refractivity contribution < 1.29 is 4.74 Å². The Morgan fingerprint density at radius 3 is 2.00 bits per heavy atom. The van der Waals surface area contributed by atoms with Gasteiger partial charge in [0.2, 0.25) is 0 Å². The fourth-order valence-corrected chi connectivity index (χ4v) is 3.38. The van der Waals surface area contributed by atoms with Gasteiger partial charge in [0.1, 0.15) is 6.61 Å². The lowest BCUT2D eigenvalue weighted by molar-refractivity contribution is 0.278. The second kappa shape index (κ2) is 7.65. The van der Waals surface area contributed by atoms with Crippen molar-refractivity contribution >= 4 is 5.90 Å². The summed E-state index contributed by atoms with van der Waals surface area (Å²) in [7, 11) is 0. The maximum atomic E-state index is 6.02. The molecule has 2 aromatic carbocycles. The summed E-state index contributed by atoms with van der Waals surface area (Å²) in [6, 6.07) is 21.5. The van der Waals surface area contributed by atoms with Crippen molar-refractivity contribution in [1.82, 2.24) is 0 Å². The fraction of sp³-hybridized carbons (Fsp3) is 0.409. The molecule has 0 saturated carbocycles. The zero-order valence-corrected chi connectivity index (χ0v) is 14.9. The van der Waals surface area contributed by atoms with Crippen LogP contribution in [0.1, 0.15) is 44.2 Å². The van der Waals surface area contributed by atoms with Gasteiger partial charge in [-0.1, -0.05) is 87.9 Å². The molecule has 126 valence electrons. The van der Waals surface area contributed by atoms with E-state index in [9.17, 15) is 0 Å². The zero-order chi connectivity index (χ0) is 16.9. The summed E-state index contributed by atoms with van der Waals surface area (Å²) >= 11 is 0. The Hall–Kier alpha value is -2.09. The third-order valence-corrected chi connectivity index (χ3v) is 5.28. The van der Waals surface area contributed by atoms with Gasteiger partial charge in [0.15, 0.2) is 5.90 Å². The lowest BCUT2D eigenvalue weighted by atomic mass is 9.85. The molecule has 0 bridgehead atoms. The molecule has 0 fully saturated rings. The Kier molecular flexibility index (Phi) is 5.34. The van der Waals surface area contributed by atoms with Crippen LogP contribution in [0.2, 0.25) is 0 Å². The van der Waals surface area contributed by atoms with Crippen molar-refractivity contribution in [2.75, 3.05) is 6.61 Å². The summed E-state index contributed by atoms with van der Waals surface area (Å²) in [5.41, 5.74) is 2.61. The van der Waals surface area contributed by atoms with E-state index in [-0.39, 0.29) is 12.0 Å². The van der Waals surface area contributed by atoms with Crippen LogP contribution in [0.25, 0.3) is 0 Å². The largest absolute Gasteiger partial charge is 0.478 e. The summed E-state index contributed by atoms with van der Waals surface area (Å²) in [4.78, 5) is 5.00. The molecular weight excluding hydrogens is 294 g/mol. The standard InChI is InChI=1S/C22H27NO/c1-4-16(2)17(3)22-23-20(15-24-22)21(18-11-7-5-8-12-18)19-13-9-6-10-14-19/h5-14,16-17,20-21H,4,15H2,1-3H3/t16-,17-,20+/m0/s1. The highest BCUT2D eigenvalue weighted by atomic mass is 16.5. The number of rotatable bonds is 6. The first-order valence-electron chi connectivity index (χ1n) is 9.01. The van der Waals surface area contributed by atoms with Gasteiger partial charge in [-0.3, -0.25) is 0 Å². The number of nitrogens with zero attached hydrogens (tertiary/aromatic N) is 1. The van der Waals surface area contributed by atoms with Crippen LogP contribution in [0.3, 0.4) is 0 Å². The summed E-state index contributed by atoms with van der Waals surface area (Å²) < 4.78 is 6.02. The number of benzene rings is 2. The van der Waals surface area contributed by atoms with Gasteiger partial charge >= 0.3 is 0 Å². The minimum atomic E-state index is 0.149. The maximum Gasteiger partial charge on any atom is 0.186 e. The lowest BCUT2D eigenvalue weighted by Crippen LogP contribution is -2.19. The van der Waals surface area contributed by atoms with Crippen molar-refractivity contribution in [1.29, 1.82) is 0 Å². The SMILES string of the molecule is CC[C@H](C)[C@H](C)C1=N[C@@H](C(c2ccccc2)c2ccccc2)CO1. The summed E-state index contributed by atoms with van der Waals surface area (Å²) in [5, 5.41) is 0. The average Bonchev–Trinajstić information content (AvgIpc) is 3.12. The predicted molar refractivity (Wildman–Crippen MR) is 101 cm³/mol. The summed E-state index contributed by atoms with van der Waals surface area (Å²) in [5.74, 6) is 2.15. The van der Waals surface area contributed by atoms with Gasteiger partial charge in [-0.2, -0.15) is 0 Å². The topological polar surface area (TPSA) is 21.6 Å². The second-order valence-electron chi connectivity index (χ2n) is 6.82. The van der Waals surface area contributed by atoms with Crippen LogP contribution < -0.4 is 0 Å². The molecule has 2 heteroatoms. The van der Waals surface area contributed by atoms with Crippen LogP contribution in [-0.4, -0.2) is 18.5 Å². The van der Waals surface area contributed by atoms with E-state index in [1.165, 1.54) is 11.1 Å². The lowest BCUT2D eigenvalue weighted by Gasteiger charge is -2.21. The van der Waals surface area contributed by atoms with Gasteiger partial charge in [0.05, 0.1) is 6.04 Å². The highest BCUT2D eigenvalue weighted by Crippen LogP contribution is 2.33. The van der Waals surface area contributed by atoms with Gasteiger partial charge in [0.25, 0.3) is 0 Å². The first-order chi connectivity index (χ1) is 11.7. The summed E-state index contributed by atoms with van der Waals surface area (Å²) in [6.07, 6.45) is 1.15. The minimum absolute atomic E-state index is 0.149. The molecule has 0 N–H and O–H groups in total. The van der Waals surface area contributed by atoms with Crippen LogP contribution in [0, 0.1) is 11.8 Å². The third kappa shape index (κ3) is 3.53. The Labute approximate surface area is 145 Å². The van der Waals surface area contributed by atoms with E-state index in [0.717, 1.165) is 12.3 Å². The minimum Gasteiger partial charge on any atom is -0.478 e. The molecule has 24 heavy (non-hydrogen) atoms. The van der Waals surface area contributed by atoms with Crippen LogP contribution in [0.5, 0.6) is 0 Å². The third-order valence-electron chi connectivity index (χ3n) is 5.28. The van der Waals surface area contributed by atoms with Crippen LogP contribution in [0.4, 0.5) is 0 Å². The Balaban J connectivity index is 1.92. The summed E-state index contributed by atoms with van der Waals surface area (Å²) in [6.45, 7) is 7.40. The second-order valence-corrected chi connectivity index (χ2v) is 6.82. The van der Waals surface area contributed by atoms with E-state index in [1.807, 2.05) is 0 Å². The van der Waals surface area contributed by atoms with Crippen molar-refractivity contribution in [3.8, 4) is 0 Å². The van der Waals surface area contributed by atoms with E-state index in [4.69, 9.17) is 9.73 Å². The number of aliphatic imine (C=N–C) groups is 1. The van der Waals surface area contributed by atoms with E-state index in [2.05, 4.69) is 81.4 Å². The average molecular weight is 321 g/mol. The Morgan fingerprint density at radius 1 is 0.958 bits per heavy atom. The van der Waals surface area contributed by atoms with E-state index in [1.54, 1.807) is 0 Å². The van der Waals surface area contributed by atoms with Gasteiger partial charge in [-0.15, -0.1) is 0 Å². The molecule has 0 saturated heterocycles. The first kappa shape index (κ1) is 16.8. The van der Waals surface area contributed by atoms with Crippen molar-refractivity contribution in [3.63, 3.8) is 0 Å². The van der Waals surface area contributed by atoms with E-state index in [0.29, 0.717) is 18.4 Å². The molecule has 1 heterocycles. The number of ether oxygens (including phenoxy) is 1. The molecule has 3 rings (SSSR count). The van der Waals surface area contributed by atoms with Crippen LogP contribution in [-0.2, 0) is 4.74 Å². The smallest absolute Gasteiger partial charge is 0.186 e. The van der Waals surface area contributed by atoms with Gasteiger partial charge in [0, 0.05) is 11.8 Å². The number of hydrogen-bond donors (Lipinski definition) is 0. The molecule has 0 radical (unpaired) electrons. The monoisotopic (exact) mass is 321 g/mol. The van der Waals surface area contributed by atoms with Crippen molar-refractivity contribution in [3.05, 3.63) is 71.8 Å². The molecule has 0 spiro atoms.